The van der Waals surface area contributed by atoms with Gasteiger partial charge in [-0.2, -0.15) is 5.10 Å². The molecule has 1 heterocycles. The van der Waals surface area contributed by atoms with E-state index in [0.717, 1.165) is 30.9 Å². The van der Waals surface area contributed by atoms with Gasteiger partial charge in [0.1, 0.15) is 6.54 Å². The maximum Gasteiger partial charge on any atom is 0.241 e. The van der Waals surface area contributed by atoms with Gasteiger partial charge < -0.3 is 10.6 Å². The molecule has 19 heavy (non-hydrogen) atoms. The summed E-state index contributed by atoms with van der Waals surface area (Å²) in [6.45, 7) is 10.1. The van der Waals surface area contributed by atoms with Crippen LogP contribution in [0.15, 0.2) is 0 Å². The van der Waals surface area contributed by atoms with E-state index in [1.54, 1.807) is 4.68 Å². The van der Waals surface area contributed by atoms with Crippen molar-refractivity contribution in [1.82, 2.24) is 20.4 Å². The number of carbonyl (C=O) groups excluding carboxylic acids is 1. The topological polar surface area (TPSA) is 59.0 Å². The molecule has 0 fully saturated rings. The molecule has 0 radical (unpaired) electrons. The highest BCUT2D eigenvalue weighted by Gasteiger charge is 2.12. The Morgan fingerprint density at radius 2 is 2.05 bits per heavy atom. The smallest absolute Gasteiger partial charge is 0.241 e. The lowest BCUT2D eigenvalue weighted by atomic mass is 10.1. The summed E-state index contributed by atoms with van der Waals surface area (Å²) in [7, 11) is 1.91. The summed E-state index contributed by atoms with van der Waals surface area (Å²) in [4.78, 5) is 11.8. The van der Waals surface area contributed by atoms with E-state index in [4.69, 9.17) is 0 Å². The molecule has 108 valence electrons. The van der Waals surface area contributed by atoms with Crippen molar-refractivity contribution in [3.05, 3.63) is 17.0 Å². The fraction of sp³-hybridized carbons (Fsp3) is 0.714. The second kappa shape index (κ2) is 7.28. The molecule has 2 N–H and O–H groups in total. The first-order valence-corrected chi connectivity index (χ1v) is 6.89. The second-order valence-corrected chi connectivity index (χ2v) is 5.37. The summed E-state index contributed by atoms with van der Waals surface area (Å²) < 4.78 is 1.78. The van der Waals surface area contributed by atoms with Crippen molar-refractivity contribution in [3.8, 4) is 0 Å². The molecular weight excluding hydrogens is 240 g/mol. The van der Waals surface area contributed by atoms with Crippen LogP contribution in [0.4, 0.5) is 0 Å². The summed E-state index contributed by atoms with van der Waals surface area (Å²) >= 11 is 0. The molecule has 0 unspecified atom stereocenters. The SMILES string of the molecule is CNCc1c(C)nn(CC(=O)NCCC(C)C)c1C. The zero-order valence-electron chi connectivity index (χ0n) is 12.7. The minimum absolute atomic E-state index is 0.0299. The van der Waals surface area contributed by atoms with Crippen molar-refractivity contribution >= 4 is 5.91 Å². The van der Waals surface area contributed by atoms with Gasteiger partial charge in [0, 0.05) is 24.3 Å². The molecule has 0 aromatic carbocycles. The third-order valence-electron chi connectivity index (χ3n) is 3.22. The molecule has 0 aliphatic rings. The van der Waals surface area contributed by atoms with Gasteiger partial charge in [0.2, 0.25) is 5.91 Å². The van der Waals surface area contributed by atoms with Crippen LogP contribution < -0.4 is 10.6 Å². The fourth-order valence-electron chi connectivity index (χ4n) is 2.01. The van der Waals surface area contributed by atoms with Crippen LogP contribution in [0, 0.1) is 19.8 Å². The van der Waals surface area contributed by atoms with Crippen LogP contribution in [0.2, 0.25) is 0 Å². The van der Waals surface area contributed by atoms with E-state index in [2.05, 4.69) is 29.6 Å². The predicted molar refractivity (Wildman–Crippen MR) is 76.9 cm³/mol. The minimum atomic E-state index is 0.0299. The van der Waals surface area contributed by atoms with E-state index in [0.29, 0.717) is 12.5 Å². The number of nitrogens with zero attached hydrogens (tertiary/aromatic N) is 2. The number of amides is 1. The molecular formula is C14H26N4O. The highest BCUT2D eigenvalue weighted by molar-refractivity contribution is 5.75. The van der Waals surface area contributed by atoms with Crippen molar-refractivity contribution in [2.24, 2.45) is 5.92 Å². The van der Waals surface area contributed by atoms with Gasteiger partial charge in [0.15, 0.2) is 0 Å². The number of hydrogen-bond acceptors (Lipinski definition) is 3. The number of hydrogen-bond donors (Lipinski definition) is 2. The first kappa shape index (κ1) is 15.7. The molecule has 1 aromatic rings. The fourth-order valence-corrected chi connectivity index (χ4v) is 2.01. The first-order valence-electron chi connectivity index (χ1n) is 6.89. The summed E-state index contributed by atoms with van der Waals surface area (Å²) in [5.41, 5.74) is 3.23. The van der Waals surface area contributed by atoms with Crippen LogP contribution in [0.3, 0.4) is 0 Å². The van der Waals surface area contributed by atoms with Crippen molar-refractivity contribution in [3.63, 3.8) is 0 Å². The molecule has 0 saturated carbocycles. The van der Waals surface area contributed by atoms with E-state index < -0.39 is 0 Å². The highest BCUT2D eigenvalue weighted by Crippen LogP contribution is 2.12. The molecule has 0 atom stereocenters. The van der Waals surface area contributed by atoms with E-state index in [-0.39, 0.29) is 5.91 Å². The average Bonchev–Trinajstić information content (AvgIpc) is 2.57. The van der Waals surface area contributed by atoms with Gasteiger partial charge in [0.25, 0.3) is 0 Å². The van der Waals surface area contributed by atoms with Crippen molar-refractivity contribution in [1.29, 1.82) is 0 Å². The molecule has 5 nitrogen and oxygen atoms in total. The summed E-state index contributed by atoms with van der Waals surface area (Å²) in [5.74, 6) is 0.637. The Labute approximate surface area is 115 Å². The third-order valence-corrected chi connectivity index (χ3v) is 3.22. The van der Waals surface area contributed by atoms with Crippen LogP contribution in [0.5, 0.6) is 0 Å². The van der Waals surface area contributed by atoms with Crippen molar-refractivity contribution in [2.45, 2.75) is 47.2 Å². The zero-order chi connectivity index (χ0) is 14.4. The molecule has 0 bridgehead atoms. The maximum absolute atomic E-state index is 11.8. The van der Waals surface area contributed by atoms with Crippen molar-refractivity contribution < 1.29 is 4.79 Å². The minimum Gasteiger partial charge on any atom is -0.354 e. The molecule has 0 aliphatic carbocycles. The lowest BCUT2D eigenvalue weighted by molar-refractivity contribution is -0.121. The number of rotatable bonds is 7. The summed E-state index contributed by atoms with van der Waals surface area (Å²) in [6, 6.07) is 0. The van der Waals surface area contributed by atoms with Crippen LogP contribution in [0.25, 0.3) is 0 Å². The Kier molecular flexibility index (Phi) is 6.02. The third kappa shape index (κ3) is 4.67. The Morgan fingerprint density at radius 1 is 1.37 bits per heavy atom. The molecule has 0 spiro atoms. The summed E-state index contributed by atoms with van der Waals surface area (Å²) in [5, 5.41) is 10.5. The van der Waals surface area contributed by atoms with Crippen LogP contribution >= 0.6 is 0 Å². The normalized spacial score (nSPS) is 11.1. The average molecular weight is 266 g/mol. The molecule has 1 aromatic heterocycles. The van der Waals surface area contributed by atoms with Gasteiger partial charge in [-0.25, -0.2) is 0 Å². The second-order valence-electron chi connectivity index (χ2n) is 5.37. The molecule has 0 aliphatic heterocycles. The molecule has 5 heteroatoms. The molecule has 1 rings (SSSR count). The Hall–Kier alpha value is -1.36. The van der Waals surface area contributed by atoms with Gasteiger partial charge >= 0.3 is 0 Å². The Balaban J connectivity index is 2.57. The zero-order valence-corrected chi connectivity index (χ0v) is 12.7. The van der Waals surface area contributed by atoms with Crippen molar-refractivity contribution in [2.75, 3.05) is 13.6 Å². The highest BCUT2D eigenvalue weighted by atomic mass is 16.2. The Morgan fingerprint density at radius 3 is 2.63 bits per heavy atom. The predicted octanol–water partition coefficient (Wildman–Crippen LogP) is 1.38. The lowest BCUT2D eigenvalue weighted by Gasteiger charge is -2.08. The number of nitrogens with one attached hydrogen (secondary N) is 2. The number of aryl methyl sites for hydroxylation is 1. The monoisotopic (exact) mass is 266 g/mol. The first-order chi connectivity index (χ1) is 8.95. The van der Waals surface area contributed by atoms with E-state index in [1.807, 2.05) is 20.9 Å². The van der Waals surface area contributed by atoms with Crippen LogP contribution in [-0.4, -0.2) is 29.3 Å². The Bertz CT molecular complexity index is 423. The quantitative estimate of drug-likeness (QED) is 0.784. The van der Waals surface area contributed by atoms with Gasteiger partial charge in [0.05, 0.1) is 5.69 Å². The van der Waals surface area contributed by atoms with Gasteiger partial charge in [-0.15, -0.1) is 0 Å². The summed E-state index contributed by atoms with van der Waals surface area (Å²) in [6.07, 6.45) is 1.01. The standard InChI is InChI=1S/C14H26N4O/c1-10(2)6-7-16-14(19)9-18-12(4)13(8-15-5)11(3)17-18/h10,15H,6-9H2,1-5H3,(H,16,19). The largest absolute Gasteiger partial charge is 0.354 e. The van der Waals surface area contributed by atoms with E-state index in [1.165, 1.54) is 5.56 Å². The molecule has 1 amide bonds. The maximum atomic E-state index is 11.8. The van der Waals surface area contributed by atoms with Gasteiger partial charge in [-0.1, -0.05) is 13.8 Å². The van der Waals surface area contributed by atoms with Gasteiger partial charge in [-0.3, -0.25) is 9.48 Å². The van der Waals surface area contributed by atoms with E-state index >= 15 is 0 Å². The van der Waals surface area contributed by atoms with Crippen LogP contribution in [0.1, 0.15) is 37.2 Å². The van der Waals surface area contributed by atoms with E-state index in [9.17, 15) is 4.79 Å². The van der Waals surface area contributed by atoms with Crippen LogP contribution in [-0.2, 0) is 17.9 Å². The lowest BCUT2D eigenvalue weighted by Crippen LogP contribution is -2.29. The number of carbonyl (C=O) groups is 1. The molecule has 0 saturated heterocycles. The van der Waals surface area contributed by atoms with Gasteiger partial charge in [-0.05, 0) is 33.2 Å². The number of aromatic nitrogens is 2.